The molecule has 2 atom stereocenters. The standard InChI is InChI=1S/C21H28N2O2/c1-25-19-11-9-17(10-12-19)20(23-13-5-6-14-23)15-22-16-21(24)18-7-3-2-4-8-18/h2-4,7-12,20-22,24H,5-6,13-16H2,1H3. The van der Waals surface area contributed by atoms with E-state index in [4.69, 9.17) is 4.74 Å². The molecule has 2 aromatic carbocycles. The van der Waals surface area contributed by atoms with Crippen LogP contribution in [0.25, 0.3) is 0 Å². The minimum absolute atomic E-state index is 0.330. The van der Waals surface area contributed by atoms with E-state index in [1.54, 1.807) is 7.11 Å². The Morgan fingerprint density at radius 2 is 1.64 bits per heavy atom. The Morgan fingerprint density at radius 3 is 2.28 bits per heavy atom. The zero-order valence-electron chi connectivity index (χ0n) is 14.9. The van der Waals surface area contributed by atoms with Gasteiger partial charge in [-0.1, -0.05) is 42.5 Å². The largest absolute Gasteiger partial charge is 0.497 e. The van der Waals surface area contributed by atoms with Crippen LogP contribution in [0, 0.1) is 0 Å². The van der Waals surface area contributed by atoms with E-state index >= 15 is 0 Å². The number of methoxy groups -OCH3 is 1. The van der Waals surface area contributed by atoms with Gasteiger partial charge in [0.25, 0.3) is 0 Å². The third-order valence-corrected chi connectivity index (χ3v) is 4.94. The first-order valence-corrected chi connectivity index (χ1v) is 9.09. The van der Waals surface area contributed by atoms with Crippen LogP contribution in [-0.4, -0.2) is 43.3 Å². The molecular weight excluding hydrogens is 312 g/mol. The maximum Gasteiger partial charge on any atom is 0.118 e. The first-order chi connectivity index (χ1) is 12.3. The summed E-state index contributed by atoms with van der Waals surface area (Å²) in [5, 5.41) is 13.8. The summed E-state index contributed by atoms with van der Waals surface area (Å²) in [4.78, 5) is 2.53. The van der Waals surface area contributed by atoms with Crippen LogP contribution >= 0.6 is 0 Å². The minimum atomic E-state index is -0.476. The highest BCUT2D eigenvalue weighted by Crippen LogP contribution is 2.26. The molecule has 0 spiro atoms. The molecule has 1 aliphatic heterocycles. The molecule has 1 heterocycles. The van der Waals surface area contributed by atoms with Gasteiger partial charge in [-0.15, -0.1) is 0 Å². The molecular formula is C21H28N2O2. The topological polar surface area (TPSA) is 44.7 Å². The van der Waals surface area contributed by atoms with E-state index in [9.17, 15) is 5.11 Å². The number of hydrogen-bond acceptors (Lipinski definition) is 4. The van der Waals surface area contributed by atoms with Gasteiger partial charge in [0.05, 0.1) is 13.2 Å². The molecule has 2 aromatic rings. The van der Waals surface area contributed by atoms with E-state index < -0.39 is 6.10 Å². The average molecular weight is 340 g/mol. The van der Waals surface area contributed by atoms with E-state index in [1.165, 1.54) is 18.4 Å². The van der Waals surface area contributed by atoms with Gasteiger partial charge in [0.1, 0.15) is 5.75 Å². The molecule has 2 N–H and O–H groups in total. The van der Waals surface area contributed by atoms with E-state index in [0.29, 0.717) is 12.6 Å². The highest BCUT2D eigenvalue weighted by molar-refractivity contribution is 5.29. The molecule has 1 saturated heterocycles. The van der Waals surface area contributed by atoms with Crippen LogP contribution in [0.3, 0.4) is 0 Å². The molecule has 0 aliphatic carbocycles. The smallest absolute Gasteiger partial charge is 0.118 e. The molecule has 1 aliphatic rings. The third kappa shape index (κ3) is 4.82. The monoisotopic (exact) mass is 340 g/mol. The normalized spacial score (nSPS) is 17.4. The molecule has 25 heavy (non-hydrogen) atoms. The molecule has 1 fully saturated rings. The van der Waals surface area contributed by atoms with Crippen molar-refractivity contribution >= 4 is 0 Å². The molecule has 4 nitrogen and oxygen atoms in total. The number of aliphatic hydroxyl groups excluding tert-OH is 1. The summed E-state index contributed by atoms with van der Waals surface area (Å²) in [5.41, 5.74) is 2.25. The number of rotatable bonds is 8. The molecule has 0 saturated carbocycles. The van der Waals surface area contributed by atoms with Crippen LogP contribution in [0.4, 0.5) is 0 Å². The van der Waals surface area contributed by atoms with Gasteiger partial charge in [-0.05, 0) is 49.2 Å². The van der Waals surface area contributed by atoms with E-state index in [2.05, 4.69) is 22.3 Å². The van der Waals surface area contributed by atoms with Crippen LogP contribution in [0.1, 0.15) is 36.1 Å². The van der Waals surface area contributed by atoms with Gasteiger partial charge in [-0.3, -0.25) is 4.90 Å². The SMILES string of the molecule is COc1ccc(C(CNCC(O)c2ccccc2)N2CCCC2)cc1. The van der Waals surface area contributed by atoms with Crippen molar-refractivity contribution in [3.63, 3.8) is 0 Å². The summed E-state index contributed by atoms with van der Waals surface area (Å²) in [6.07, 6.45) is 2.05. The van der Waals surface area contributed by atoms with Crippen LogP contribution in [0.5, 0.6) is 5.75 Å². The zero-order valence-corrected chi connectivity index (χ0v) is 14.9. The van der Waals surface area contributed by atoms with Crippen molar-refractivity contribution in [2.75, 3.05) is 33.3 Å². The zero-order chi connectivity index (χ0) is 17.5. The van der Waals surface area contributed by atoms with Gasteiger partial charge in [-0.25, -0.2) is 0 Å². The third-order valence-electron chi connectivity index (χ3n) is 4.94. The highest BCUT2D eigenvalue weighted by Gasteiger charge is 2.23. The molecule has 3 rings (SSSR count). The number of nitrogens with zero attached hydrogens (tertiary/aromatic N) is 1. The second-order valence-corrected chi connectivity index (χ2v) is 6.62. The second-order valence-electron chi connectivity index (χ2n) is 6.62. The quantitative estimate of drug-likeness (QED) is 0.775. The Morgan fingerprint density at radius 1 is 0.960 bits per heavy atom. The number of likely N-dealkylation sites (tertiary alicyclic amines) is 1. The molecule has 4 heteroatoms. The number of nitrogens with one attached hydrogen (secondary N) is 1. The van der Waals surface area contributed by atoms with Gasteiger partial charge in [0.15, 0.2) is 0 Å². The number of ether oxygens (including phenoxy) is 1. The van der Waals surface area contributed by atoms with Crippen molar-refractivity contribution in [2.45, 2.75) is 25.0 Å². The molecule has 0 amide bonds. The van der Waals surface area contributed by atoms with Gasteiger partial charge in [0.2, 0.25) is 0 Å². The lowest BCUT2D eigenvalue weighted by Gasteiger charge is -2.29. The summed E-state index contributed by atoms with van der Waals surface area (Å²) < 4.78 is 5.27. The summed E-state index contributed by atoms with van der Waals surface area (Å²) >= 11 is 0. The van der Waals surface area contributed by atoms with Crippen molar-refractivity contribution in [3.8, 4) is 5.75 Å². The molecule has 0 bridgehead atoms. The average Bonchev–Trinajstić information content (AvgIpc) is 3.20. The Kier molecular flexibility index (Phi) is 6.45. The van der Waals surface area contributed by atoms with Crippen LogP contribution in [0.2, 0.25) is 0 Å². The summed E-state index contributed by atoms with van der Waals surface area (Å²) in [5.74, 6) is 0.886. The lowest BCUT2D eigenvalue weighted by Crippen LogP contribution is -2.35. The van der Waals surface area contributed by atoms with Crippen molar-refractivity contribution < 1.29 is 9.84 Å². The molecule has 2 unspecified atom stereocenters. The lowest BCUT2D eigenvalue weighted by molar-refractivity contribution is 0.166. The summed E-state index contributed by atoms with van der Waals surface area (Å²) in [6.45, 7) is 3.67. The van der Waals surface area contributed by atoms with Gasteiger partial charge in [0, 0.05) is 19.1 Å². The Labute approximate surface area is 150 Å². The van der Waals surface area contributed by atoms with Crippen molar-refractivity contribution in [1.29, 1.82) is 0 Å². The van der Waals surface area contributed by atoms with E-state index in [0.717, 1.165) is 30.9 Å². The lowest BCUT2D eigenvalue weighted by atomic mass is 10.0. The molecule has 0 radical (unpaired) electrons. The highest BCUT2D eigenvalue weighted by atomic mass is 16.5. The predicted octanol–water partition coefficient (Wildman–Crippen LogP) is 3.16. The number of hydrogen-bond donors (Lipinski definition) is 2. The number of aliphatic hydroxyl groups is 1. The Bertz CT molecular complexity index is 624. The van der Waals surface area contributed by atoms with Crippen molar-refractivity contribution in [1.82, 2.24) is 10.2 Å². The maximum atomic E-state index is 10.3. The van der Waals surface area contributed by atoms with Crippen LogP contribution in [0.15, 0.2) is 54.6 Å². The van der Waals surface area contributed by atoms with Crippen LogP contribution < -0.4 is 10.1 Å². The fourth-order valence-corrected chi connectivity index (χ4v) is 3.49. The maximum absolute atomic E-state index is 10.3. The van der Waals surface area contributed by atoms with E-state index in [-0.39, 0.29) is 0 Å². The fourth-order valence-electron chi connectivity index (χ4n) is 3.49. The predicted molar refractivity (Wildman–Crippen MR) is 101 cm³/mol. The summed E-state index contributed by atoms with van der Waals surface area (Å²) in [6, 6.07) is 18.5. The first-order valence-electron chi connectivity index (χ1n) is 9.09. The first kappa shape index (κ1) is 17.9. The fraction of sp³-hybridized carbons (Fsp3) is 0.429. The second kappa shape index (κ2) is 8.99. The number of benzene rings is 2. The van der Waals surface area contributed by atoms with Crippen molar-refractivity contribution in [2.24, 2.45) is 0 Å². The molecule has 134 valence electrons. The van der Waals surface area contributed by atoms with Crippen LogP contribution in [-0.2, 0) is 0 Å². The van der Waals surface area contributed by atoms with Gasteiger partial charge < -0.3 is 15.2 Å². The van der Waals surface area contributed by atoms with E-state index in [1.807, 2.05) is 42.5 Å². The minimum Gasteiger partial charge on any atom is -0.497 e. The summed E-state index contributed by atoms with van der Waals surface area (Å²) in [7, 11) is 1.69. The van der Waals surface area contributed by atoms with Gasteiger partial charge >= 0.3 is 0 Å². The Hall–Kier alpha value is -1.88. The molecule has 0 aromatic heterocycles. The van der Waals surface area contributed by atoms with Gasteiger partial charge in [-0.2, -0.15) is 0 Å². The van der Waals surface area contributed by atoms with Crippen molar-refractivity contribution in [3.05, 3.63) is 65.7 Å². The Balaban J connectivity index is 1.61.